The van der Waals surface area contributed by atoms with Crippen LogP contribution >= 0.6 is 0 Å². The van der Waals surface area contributed by atoms with Gasteiger partial charge in [-0.1, -0.05) is 17.7 Å². The minimum atomic E-state index is -3.38. The lowest BCUT2D eigenvalue weighted by atomic mass is 10.0. The lowest BCUT2D eigenvalue weighted by Gasteiger charge is -2.21. The monoisotopic (exact) mass is 401 g/mol. The molecule has 0 saturated heterocycles. The van der Waals surface area contributed by atoms with Crippen molar-refractivity contribution in [2.24, 2.45) is 0 Å². The van der Waals surface area contributed by atoms with E-state index < -0.39 is 16.0 Å². The first-order valence-electron chi connectivity index (χ1n) is 8.98. The highest BCUT2D eigenvalue weighted by Crippen LogP contribution is 2.34. The second kappa shape index (κ2) is 7.39. The summed E-state index contributed by atoms with van der Waals surface area (Å²) < 4.78 is 30.6. The molecule has 7 heteroatoms. The Morgan fingerprint density at radius 2 is 1.86 bits per heavy atom. The topological polar surface area (TPSA) is 80.8 Å². The minimum Gasteiger partial charge on any atom is -0.454 e. The van der Waals surface area contributed by atoms with Crippen LogP contribution in [0.3, 0.4) is 0 Å². The molecule has 28 heavy (non-hydrogen) atoms. The molecule has 148 valence electrons. The normalized spacial score (nSPS) is 16.0. The Hall–Kier alpha value is -2.67. The molecule has 0 fully saturated rings. The van der Waals surface area contributed by atoms with Gasteiger partial charge in [0.2, 0.25) is 10.0 Å². The number of esters is 1. The third-order valence-electron chi connectivity index (χ3n) is 4.86. The van der Waals surface area contributed by atoms with E-state index in [1.165, 1.54) is 10.6 Å². The van der Waals surface area contributed by atoms with Gasteiger partial charge in [-0.3, -0.25) is 9.10 Å². The van der Waals surface area contributed by atoms with E-state index in [1.807, 2.05) is 32.9 Å². The fraction of sp³-hybridized carbons (Fsp3) is 0.333. The van der Waals surface area contributed by atoms with E-state index in [0.717, 1.165) is 16.7 Å². The van der Waals surface area contributed by atoms with E-state index in [0.29, 0.717) is 23.2 Å². The van der Waals surface area contributed by atoms with Crippen LogP contribution in [-0.2, 0) is 21.2 Å². The number of benzene rings is 2. The number of hydrogen-bond donors (Lipinski definition) is 0. The second-order valence-corrected chi connectivity index (χ2v) is 9.13. The zero-order valence-corrected chi connectivity index (χ0v) is 17.2. The molecule has 3 rings (SSSR count). The highest BCUT2D eigenvalue weighted by atomic mass is 32.2. The smallest absolute Gasteiger partial charge is 0.338 e. The van der Waals surface area contributed by atoms with Gasteiger partial charge < -0.3 is 4.74 Å². The van der Waals surface area contributed by atoms with Crippen molar-refractivity contribution in [3.8, 4) is 0 Å². The molecule has 0 saturated carbocycles. The summed E-state index contributed by atoms with van der Waals surface area (Å²) in [6, 6.07) is 10.2. The van der Waals surface area contributed by atoms with Crippen LogP contribution in [0.25, 0.3) is 0 Å². The summed E-state index contributed by atoms with van der Waals surface area (Å²) in [5.41, 5.74) is 3.96. The van der Waals surface area contributed by atoms with E-state index in [9.17, 15) is 18.0 Å². The van der Waals surface area contributed by atoms with Crippen LogP contribution in [0.5, 0.6) is 0 Å². The number of ketones is 1. The zero-order chi connectivity index (χ0) is 20.6. The summed E-state index contributed by atoms with van der Waals surface area (Å²) in [7, 11) is -3.38. The molecule has 0 aliphatic carbocycles. The Morgan fingerprint density at radius 3 is 2.54 bits per heavy atom. The molecule has 6 nitrogen and oxygen atoms in total. The Balaban J connectivity index is 1.73. The first kappa shape index (κ1) is 20.1. The van der Waals surface area contributed by atoms with Gasteiger partial charge in [0.15, 0.2) is 12.4 Å². The second-order valence-electron chi connectivity index (χ2n) is 7.27. The van der Waals surface area contributed by atoms with Gasteiger partial charge in [-0.2, -0.15) is 0 Å². The van der Waals surface area contributed by atoms with Gasteiger partial charge in [0.1, 0.15) is 0 Å². The molecular weight excluding hydrogens is 378 g/mol. The van der Waals surface area contributed by atoms with Crippen molar-refractivity contribution >= 4 is 27.5 Å². The Kier molecular flexibility index (Phi) is 5.30. The number of rotatable bonds is 5. The average molecular weight is 401 g/mol. The van der Waals surface area contributed by atoms with E-state index in [4.69, 9.17) is 4.74 Å². The van der Waals surface area contributed by atoms with Crippen molar-refractivity contribution in [1.29, 1.82) is 0 Å². The number of hydrogen-bond acceptors (Lipinski definition) is 5. The molecule has 2 aromatic carbocycles. The van der Waals surface area contributed by atoms with Crippen LogP contribution in [0.4, 0.5) is 5.69 Å². The number of aryl methyl sites for hydroxylation is 2. The molecule has 2 aromatic rings. The van der Waals surface area contributed by atoms with Crippen LogP contribution in [0.15, 0.2) is 36.4 Å². The molecule has 0 aromatic heterocycles. The van der Waals surface area contributed by atoms with Crippen molar-refractivity contribution < 1.29 is 22.7 Å². The number of sulfonamides is 1. The van der Waals surface area contributed by atoms with E-state index in [-0.39, 0.29) is 18.4 Å². The Labute approximate surface area is 165 Å². The molecule has 0 bridgehead atoms. The molecule has 1 atom stereocenters. The van der Waals surface area contributed by atoms with Gasteiger partial charge >= 0.3 is 5.97 Å². The third kappa shape index (κ3) is 3.94. The standard InChI is InChI=1S/C21H23NO5S/c1-13-5-6-14(2)18(9-13)21(24)27-12-20(23)16-7-8-19-17(11-16)10-15(3)22(19)28(4,25)26/h5-9,11,15H,10,12H2,1-4H3/t15-/m0/s1. The number of fused-ring (bicyclic) bond motifs is 1. The molecule has 1 aliphatic heterocycles. The summed E-state index contributed by atoms with van der Waals surface area (Å²) in [5.74, 6) is -0.862. The maximum atomic E-state index is 12.5. The highest BCUT2D eigenvalue weighted by molar-refractivity contribution is 7.92. The average Bonchev–Trinajstić information content (AvgIpc) is 2.96. The summed E-state index contributed by atoms with van der Waals surface area (Å²) in [6.07, 6.45) is 1.70. The van der Waals surface area contributed by atoms with Crippen LogP contribution < -0.4 is 4.31 Å². The van der Waals surface area contributed by atoms with Crippen molar-refractivity contribution in [2.45, 2.75) is 33.2 Å². The largest absolute Gasteiger partial charge is 0.454 e. The molecule has 0 spiro atoms. The van der Waals surface area contributed by atoms with Gasteiger partial charge in [0.05, 0.1) is 17.5 Å². The number of ether oxygens (including phenoxy) is 1. The molecule has 1 heterocycles. The summed E-state index contributed by atoms with van der Waals surface area (Å²) in [5, 5.41) is 0. The van der Waals surface area contributed by atoms with Gasteiger partial charge in [0.25, 0.3) is 0 Å². The molecule has 0 N–H and O–H groups in total. The maximum Gasteiger partial charge on any atom is 0.338 e. The summed E-state index contributed by atoms with van der Waals surface area (Å²) >= 11 is 0. The van der Waals surface area contributed by atoms with Gasteiger partial charge in [0, 0.05) is 11.6 Å². The molecule has 0 unspecified atom stereocenters. The lowest BCUT2D eigenvalue weighted by Crippen LogP contribution is -2.34. The number of carbonyl (C=O) groups excluding carboxylic acids is 2. The number of nitrogens with zero attached hydrogens (tertiary/aromatic N) is 1. The zero-order valence-electron chi connectivity index (χ0n) is 16.4. The molecule has 0 radical (unpaired) electrons. The molecular formula is C21H23NO5S. The predicted octanol–water partition coefficient (Wildman–Crippen LogP) is 3.05. The fourth-order valence-corrected chi connectivity index (χ4v) is 4.79. The quantitative estimate of drug-likeness (QED) is 0.568. The van der Waals surface area contributed by atoms with Gasteiger partial charge in [-0.05, 0) is 62.6 Å². The minimum absolute atomic E-state index is 0.197. The molecule has 1 aliphatic rings. The lowest BCUT2D eigenvalue weighted by molar-refractivity contribution is 0.0474. The predicted molar refractivity (Wildman–Crippen MR) is 107 cm³/mol. The Bertz CT molecular complexity index is 1060. The first-order valence-corrected chi connectivity index (χ1v) is 10.8. The van der Waals surface area contributed by atoms with Crippen molar-refractivity contribution in [2.75, 3.05) is 17.2 Å². The van der Waals surface area contributed by atoms with E-state index in [2.05, 4.69) is 0 Å². The van der Waals surface area contributed by atoms with Crippen LogP contribution in [0.1, 0.15) is 44.3 Å². The van der Waals surface area contributed by atoms with Crippen molar-refractivity contribution in [1.82, 2.24) is 0 Å². The first-order chi connectivity index (χ1) is 13.1. The van der Waals surface area contributed by atoms with Crippen molar-refractivity contribution in [3.63, 3.8) is 0 Å². The van der Waals surface area contributed by atoms with E-state index >= 15 is 0 Å². The number of carbonyl (C=O) groups is 2. The summed E-state index contributed by atoms with van der Waals surface area (Å²) in [6.45, 7) is 5.16. The number of anilines is 1. The van der Waals surface area contributed by atoms with Gasteiger partial charge in [-0.25, -0.2) is 13.2 Å². The van der Waals surface area contributed by atoms with Gasteiger partial charge in [-0.15, -0.1) is 0 Å². The molecule has 0 amide bonds. The number of Topliss-reactive ketones (excluding diaryl/α,β-unsaturated/α-hetero) is 1. The third-order valence-corrected chi connectivity index (χ3v) is 6.13. The fourth-order valence-electron chi connectivity index (χ4n) is 3.53. The SMILES string of the molecule is Cc1ccc(C)c(C(=O)OCC(=O)c2ccc3c(c2)C[C@H](C)N3S(C)(=O)=O)c1. The highest BCUT2D eigenvalue weighted by Gasteiger charge is 2.32. The van der Waals surface area contributed by atoms with Crippen LogP contribution in [0.2, 0.25) is 0 Å². The summed E-state index contributed by atoms with van der Waals surface area (Å²) in [4.78, 5) is 24.8. The van der Waals surface area contributed by atoms with Crippen molar-refractivity contribution in [3.05, 3.63) is 64.2 Å². The van der Waals surface area contributed by atoms with Crippen LogP contribution in [-0.4, -0.2) is 39.1 Å². The maximum absolute atomic E-state index is 12.5. The Morgan fingerprint density at radius 1 is 1.14 bits per heavy atom. The van der Waals surface area contributed by atoms with E-state index in [1.54, 1.807) is 24.3 Å². The van der Waals surface area contributed by atoms with Crippen LogP contribution in [0, 0.1) is 13.8 Å².